The first kappa shape index (κ1) is 15.1. The average Bonchev–Trinajstić information content (AvgIpc) is 2.94. The zero-order valence-electron chi connectivity index (χ0n) is 12.0. The van der Waals surface area contributed by atoms with E-state index in [1.807, 2.05) is 0 Å². The maximum absolute atomic E-state index is 10.4. The van der Waals surface area contributed by atoms with Crippen LogP contribution in [0.2, 0.25) is 0 Å². The number of hydrogen-bond donors (Lipinski definition) is 4. The lowest BCUT2D eigenvalue weighted by atomic mass is 10.2. The van der Waals surface area contributed by atoms with Gasteiger partial charge in [0, 0.05) is 12.6 Å². The first-order chi connectivity index (χ1) is 10.1. The molecule has 0 bridgehead atoms. The number of aromatic nitrogens is 2. The van der Waals surface area contributed by atoms with Gasteiger partial charge in [0.05, 0.1) is 18.5 Å². The molecule has 0 aromatic carbocycles. The number of carbonyl (C=O) groups excluding carboxylic acids is 1. The molecular formula is C13H22N6O2. The SMILES string of the molecule is NC(=O)OCCCNc1nc(NC2CCCC2)ncc1N. The molecule has 0 spiro atoms. The molecule has 1 aliphatic carbocycles. The minimum atomic E-state index is -0.764. The molecule has 1 fully saturated rings. The van der Waals surface area contributed by atoms with Gasteiger partial charge in [-0.1, -0.05) is 12.8 Å². The Morgan fingerprint density at radius 2 is 2.19 bits per heavy atom. The van der Waals surface area contributed by atoms with Crippen LogP contribution in [0.15, 0.2) is 6.20 Å². The first-order valence-corrected chi connectivity index (χ1v) is 7.20. The summed E-state index contributed by atoms with van der Waals surface area (Å²) in [5.74, 6) is 1.18. The number of nitrogens with zero attached hydrogens (tertiary/aromatic N) is 2. The van der Waals surface area contributed by atoms with Crippen LogP contribution in [0.3, 0.4) is 0 Å². The second-order valence-corrected chi connectivity index (χ2v) is 5.07. The zero-order valence-corrected chi connectivity index (χ0v) is 12.0. The van der Waals surface area contributed by atoms with Gasteiger partial charge in [-0.2, -0.15) is 4.98 Å². The largest absolute Gasteiger partial charge is 0.450 e. The number of primary amides is 1. The number of nitrogens with one attached hydrogen (secondary N) is 2. The second-order valence-electron chi connectivity index (χ2n) is 5.07. The Labute approximate surface area is 123 Å². The van der Waals surface area contributed by atoms with Crippen molar-refractivity contribution < 1.29 is 9.53 Å². The van der Waals surface area contributed by atoms with Crippen LogP contribution in [-0.4, -0.2) is 35.3 Å². The quantitative estimate of drug-likeness (QED) is 0.558. The molecule has 0 radical (unpaired) electrons. The van der Waals surface area contributed by atoms with Gasteiger partial charge >= 0.3 is 6.09 Å². The predicted octanol–water partition coefficient (Wildman–Crippen LogP) is 1.31. The maximum Gasteiger partial charge on any atom is 0.404 e. The van der Waals surface area contributed by atoms with Crippen LogP contribution < -0.4 is 22.1 Å². The Bertz CT molecular complexity index is 476. The highest BCUT2D eigenvalue weighted by molar-refractivity contribution is 5.64. The number of anilines is 3. The van der Waals surface area contributed by atoms with Gasteiger partial charge in [-0.25, -0.2) is 9.78 Å². The van der Waals surface area contributed by atoms with Crippen molar-refractivity contribution >= 4 is 23.5 Å². The summed E-state index contributed by atoms with van der Waals surface area (Å²) in [7, 11) is 0. The van der Waals surface area contributed by atoms with E-state index in [1.165, 1.54) is 12.8 Å². The van der Waals surface area contributed by atoms with Crippen LogP contribution in [0.25, 0.3) is 0 Å². The summed E-state index contributed by atoms with van der Waals surface area (Å²) in [4.78, 5) is 19.0. The smallest absolute Gasteiger partial charge is 0.404 e. The highest BCUT2D eigenvalue weighted by Crippen LogP contribution is 2.22. The lowest BCUT2D eigenvalue weighted by Gasteiger charge is -2.14. The fourth-order valence-electron chi connectivity index (χ4n) is 2.31. The molecule has 6 N–H and O–H groups in total. The van der Waals surface area contributed by atoms with Crippen LogP contribution in [-0.2, 0) is 4.74 Å². The van der Waals surface area contributed by atoms with E-state index in [2.05, 4.69) is 25.3 Å². The summed E-state index contributed by atoms with van der Waals surface area (Å²) < 4.78 is 4.64. The van der Waals surface area contributed by atoms with Crippen molar-refractivity contribution in [2.45, 2.75) is 38.1 Å². The van der Waals surface area contributed by atoms with Crippen LogP contribution in [0.4, 0.5) is 22.2 Å². The van der Waals surface area contributed by atoms with Gasteiger partial charge in [0.2, 0.25) is 5.95 Å². The van der Waals surface area contributed by atoms with Crippen LogP contribution >= 0.6 is 0 Å². The summed E-state index contributed by atoms with van der Waals surface area (Å²) in [6.07, 6.45) is 6.25. The molecule has 1 aromatic heterocycles. The minimum Gasteiger partial charge on any atom is -0.450 e. The third-order valence-electron chi connectivity index (χ3n) is 3.36. The number of rotatable bonds is 7. The Morgan fingerprint density at radius 1 is 1.43 bits per heavy atom. The van der Waals surface area contributed by atoms with E-state index in [1.54, 1.807) is 6.20 Å². The first-order valence-electron chi connectivity index (χ1n) is 7.20. The van der Waals surface area contributed by atoms with Crippen molar-refractivity contribution in [2.75, 3.05) is 29.5 Å². The highest BCUT2D eigenvalue weighted by atomic mass is 16.5. The van der Waals surface area contributed by atoms with Crippen LogP contribution in [0.5, 0.6) is 0 Å². The van der Waals surface area contributed by atoms with E-state index in [0.717, 1.165) is 12.8 Å². The van der Waals surface area contributed by atoms with E-state index in [4.69, 9.17) is 11.5 Å². The Kier molecular flexibility index (Phi) is 5.42. The number of amides is 1. The van der Waals surface area contributed by atoms with Gasteiger partial charge in [0.15, 0.2) is 5.82 Å². The number of nitrogen functional groups attached to an aromatic ring is 1. The Morgan fingerprint density at radius 3 is 2.90 bits per heavy atom. The molecule has 116 valence electrons. The van der Waals surface area contributed by atoms with Crippen molar-refractivity contribution in [3.63, 3.8) is 0 Å². The second kappa shape index (κ2) is 7.51. The number of nitrogens with two attached hydrogens (primary N) is 2. The van der Waals surface area contributed by atoms with Crippen LogP contribution in [0.1, 0.15) is 32.1 Å². The molecular weight excluding hydrogens is 272 g/mol. The van der Waals surface area contributed by atoms with E-state index in [0.29, 0.717) is 36.5 Å². The van der Waals surface area contributed by atoms with Crippen molar-refractivity contribution in [1.29, 1.82) is 0 Å². The molecule has 1 saturated carbocycles. The van der Waals surface area contributed by atoms with Crippen molar-refractivity contribution in [3.8, 4) is 0 Å². The lowest BCUT2D eigenvalue weighted by Crippen LogP contribution is -2.18. The number of hydrogen-bond acceptors (Lipinski definition) is 7. The number of carbonyl (C=O) groups is 1. The van der Waals surface area contributed by atoms with Crippen molar-refractivity contribution in [1.82, 2.24) is 9.97 Å². The monoisotopic (exact) mass is 294 g/mol. The van der Waals surface area contributed by atoms with Gasteiger partial charge in [-0.05, 0) is 19.3 Å². The molecule has 21 heavy (non-hydrogen) atoms. The molecule has 8 heteroatoms. The molecule has 1 aromatic rings. The third-order valence-corrected chi connectivity index (χ3v) is 3.36. The minimum absolute atomic E-state index is 0.264. The Balaban J connectivity index is 1.81. The van der Waals surface area contributed by atoms with Crippen LogP contribution in [0, 0.1) is 0 Å². The van der Waals surface area contributed by atoms with Crippen molar-refractivity contribution in [3.05, 3.63) is 6.20 Å². The molecule has 0 aliphatic heterocycles. The van der Waals surface area contributed by atoms with E-state index in [9.17, 15) is 4.79 Å². The van der Waals surface area contributed by atoms with Crippen molar-refractivity contribution in [2.24, 2.45) is 5.73 Å². The summed E-state index contributed by atoms with van der Waals surface area (Å²) in [5.41, 5.74) is 11.2. The van der Waals surface area contributed by atoms with E-state index >= 15 is 0 Å². The Hall–Kier alpha value is -2.25. The van der Waals surface area contributed by atoms with Gasteiger partial charge in [-0.3, -0.25) is 0 Å². The molecule has 0 unspecified atom stereocenters. The summed E-state index contributed by atoms with van der Waals surface area (Å²) in [5, 5.41) is 6.43. The summed E-state index contributed by atoms with van der Waals surface area (Å²) in [6, 6.07) is 0.449. The lowest BCUT2D eigenvalue weighted by molar-refractivity contribution is 0.156. The zero-order chi connectivity index (χ0) is 15.1. The van der Waals surface area contributed by atoms with Gasteiger partial charge < -0.3 is 26.8 Å². The van der Waals surface area contributed by atoms with Gasteiger partial charge in [0.25, 0.3) is 0 Å². The molecule has 1 aliphatic rings. The topological polar surface area (TPSA) is 128 Å². The molecule has 2 rings (SSSR count). The molecule has 1 heterocycles. The molecule has 8 nitrogen and oxygen atoms in total. The van der Waals surface area contributed by atoms with Gasteiger partial charge in [-0.15, -0.1) is 0 Å². The molecule has 0 saturated heterocycles. The third kappa shape index (κ3) is 4.97. The van der Waals surface area contributed by atoms with Gasteiger partial charge in [0.1, 0.15) is 0 Å². The standard InChI is InChI=1S/C13H22N6O2/c14-10-8-17-13(18-9-4-1-2-5-9)19-11(10)16-6-3-7-21-12(15)20/h8-9H,1-7,14H2,(H2,15,20)(H2,16,17,18,19). The molecule has 0 atom stereocenters. The molecule has 1 amide bonds. The summed E-state index contributed by atoms with van der Waals surface area (Å²) in [6.45, 7) is 0.845. The van der Waals surface area contributed by atoms with E-state index < -0.39 is 6.09 Å². The predicted molar refractivity (Wildman–Crippen MR) is 81.0 cm³/mol. The summed E-state index contributed by atoms with van der Waals surface area (Å²) >= 11 is 0. The normalized spacial score (nSPS) is 14.9. The fourth-order valence-corrected chi connectivity index (χ4v) is 2.31. The fraction of sp³-hybridized carbons (Fsp3) is 0.615. The highest BCUT2D eigenvalue weighted by Gasteiger charge is 2.16. The average molecular weight is 294 g/mol. The van der Waals surface area contributed by atoms with E-state index in [-0.39, 0.29) is 6.61 Å². The number of ether oxygens (including phenoxy) is 1. The maximum atomic E-state index is 10.4.